The highest BCUT2D eigenvalue weighted by Crippen LogP contribution is 2.11. The van der Waals surface area contributed by atoms with Gasteiger partial charge in [0.2, 0.25) is 0 Å². The molecule has 0 N–H and O–H groups in total. The topological polar surface area (TPSA) is 17.1 Å². The van der Waals surface area contributed by atoms with Crippen molar-refractivity contribution in [3.63, 3.8) is 0 Å². The van der Waals surface area contributed by atoms with E-state index in [-0.39, 0.29) is 5.56 Å². The number of benzene rings is 1. The zero-order valence-electron chi connectivity index (χ0n) is 6.18. The lowest BCUT2D eigenvalue weighted by Gasteiger charge is -1.97. The van der Waals surface area contributed by atoms with E-state index in [2.05, 4.69) is 6.58 Å². The van der Waals surface area contributed by atoms with Crippen LogP contribution in [-0.2, 0) is 0 Å². The van der Waals surface area contributed by atoms with E-state index in [1.54, 1.807) is 0 Å². The van der Waals surface area contributed by atoms with Crippen LogP contribution in [0, 0.1) is 11.6 Å². The predicted molar refractivity (Wildman–Crippen MR) is 40.9 cm³/mol. The smallest absolute Gasteiger partial charge is 0.188 e. The molecule has 12 heavy (non-hydrogen) atoms. The Morgan fingerprint density at radius 3 is 2.67 bits per heavy atom. The maximum Gasteiger partial charge on any atom is 0.188 e. The minimum absolute atomic E-state index is 0.287. The summed E-state index contributed by atoms with van der Waals surface area (Å²) in [6, 6.07) is 3.44. The molecule has 0 fully saturated rings. The molecule has 0 amide bonds. The lowest BCUT2D eigenvalue weighted by molar-refractivity contribution is 0.104. The van der Waals surface area contributed by atoms with Gasteiger partial charge in [-0.25, -0.2) is 8.78 Å². The number of allylic oxidation sites excluding steroid dienone is 1. The van der Waals surface area contributed by atoms with E-state index < -0.39 is 17.4 Å². The van der Waals surface area contributed by atoms with E-state index in [0.29, 0.717) is 0 Å². The Morgan fingerprint density at radius 2 is 2.08 bits per heavy atom. The second-order valence-electron chi connectivity index (χ2n) is 2.17. The second kappa shape index (κ2) is 3.26. The Morgan fingerprint density at radius 1 is 1.42 bits per heavy atom. The monoisotopic (exact) mass is 168 g/mol. The number of ketones is 1. The third kappa shape index (κ3) is 1.39. The molecular formula is C9H6F2O. The first-order chi connectivity index (χ1) is 5.66. The molecule has 3 heteroatoms. The molecule has 0 saturated carbocycles. The van der Waals surface area contributed by atoms with Gasteiger partial charge >= 0.3 is 0 Å². The third-order valence-corrected chi connectivity index (χ3v) is 1.40. The molecule has 0 bridgehead atoms. The van der Waals surface area contributed by atoms with Crippen molar-refractivity contribution in [3.05, 3.63) is 48.1 Å². The fourth-order valence-corrected chi connectivity index (χ4v) is 0.804. The van der Waals surface area contributed by atoms with Gasteiger partial charge in [0.25, 0.3) is 0 Å². The van der Waals surface area contributed by atoms with Gasteiger partial charge in [0.1, 0.15) is 0 Å². The largest absolute Gasteiger partial charge is 0.289 e. The molecule has 1 aromatic carbocycles. The zero-order chi connectivity index (χ0) is 9.14. The summed E-state index contributed by atoms with van der Waals surface area (Å²) in [7, 11) is 0. The average Bonchev–Trinajstić information content (AvgIpc) is 2.08. The molecule has 0 aromatic heterocycles. The van der Waals surface area contributed by atoms with Gasteiger partial charge in [-0.05, 0) is 18.2 Å². The summed E-state index contributed by atoms with van der Waals surface area (Å²) < 4.78 is 25.3. The number of rotatable bonds is 2. The van der Waals surface area contributed by atoms with Gasteiger partial charge in [-0.15, -0.1) is 0 Å². The van der Waals surface area contributed by atoms with Crippen molar-refractivity contribution < 1.29 is 13.6 Å². The maximum absolute atomic E-state index is 12.8. The van der Waals surface area contributed by atoms with E-state index in [9.17, 15) is 13.6 Å². The predicted octanol–water partition coefficient (Wildman–Crippen LogP) is 2.33. The first-order valence-electron chi connectivity index (χ1n) is 3.27. The number of carbonyl (C=O) groups is 1. The Bertz CT molecular complexity index is 331. The van der Waals surface area contributed by atoms with E-state index in [1.807, 2.05) is 0 Å². The molecule has 1 nitrogen and oxygen atoms in total. The van der Waals surface area contributed by atoms with Crippen molar-refractivity contribution in [1.82, 2.24) is 0 Å². The van der Waals surface area contributed by atoms with Gasteiger partial charge in [0.05, 0.1) is 5.56 Å². The summed E-state index contributed by atoms with van der Waals surface area (Å²) in [6.07, 6.45) is 0.942. The van der Waals surface area contributed by atoms with Crippen molar-refractivity contribution in [2.24, 2.45) is 0 Å². The van der Waals surface area contributed by atoms with Crippen molar-refractivity contribution in [2.45, 2.75) is 0 Å². The zero-order valence-corrected chi connectivity index (χ0v) is 6.18. The highest BCUT2D eigenvalue weighted by atomic mass is 19.2. The van der Waals surface area contributed by atoms with Crippen LogP contribution in [-0.4, -0.2) is 5.78 Å². The van der Waals surface area contributed by atoms with E-state index in [4.69, 9.17) is 0 Å². The molecule has 0 spiro atoms. The fourth-order valence-electron chi connectivity index (χ4n) is 0.804. The molecule has 0 aliphatic heterocycles. The summed E-state index contributed by atoms with van der Waals surface area (Å²) in [6.45, 7) is 3.17. The number of halogens is 2. The summed E-state index contributed by atoms with van der Waals surface area (Å²) >= 11 is 0. The molecule has 1 rings (SSSR count). The van der Waals surface area contributed by atoms with Crippen molar-refractivity contribution in [1.29, 1.82) is 0 Å². The molecular weight excluding hydrogens is 162 g/mol. The molecule has 0 atom stereocenters. The Labute approximate surface area is 68.3 Å². The van der Waals surface area contributed by atoms with Crippen LogP contribution in [0.4, 0.5) is 8.78 Å². The second-order valence-corrected chi connectivity index (χ2v) is 2.17. The van der Waals surface area contributed by atoms with Gasteiger partial charge in [-0.1, -0.05) is 12.6 Å². The van der Waals surface area contributed by atoms with Gasteiger partial charge in [0, 0.05) is 0 Å². The van der Waals surface area contributed by atoms with E-state index >= 15 is 0 Å². The first-order valence-corrected chi connectivity index (χ1v) is 3.27. The molecule has 0 saturated heterocycles. The van der Waals surface area contributed by atoms with Crippen molar-refractivity contribution in [3.8, 4) is 0 Å². The molecule has 0 aliphatic rings. The van der Waals surface area contributed by atoms with Crippen LogP contribution in [0.3, 0.4) is 0 Å². The summed E-state index contributed by atoms with van der Waals surface area (Å²) in [5.41, 5.74) is -0.287. The third-order valence-electron chi connectivity index (χ3n) is 1.40. The normalized spacial score (nSPS) is 9.50. The van der Waals surface area contributed by atoms with E-state index in [1.165, 1.54) is 12.1 Å². The highest BCUT2D eigenvalue weighted by Gasteiger charge is 2.11. The van der Waals surface area contributed by atoms with Crippen LogP contribution in [0.15, 0.2) is 30.9 Å². The quantitative estimate of drug-likeness (QED) is 0.489. The van der Waals surface area contributed by atoms with Gasteiger partial charge in [-0.2, -0.15) is 0 Å². The fraction of sp³-hybridized carbons (Fsp3) is 0. The number of carbonyl (C=O) groups excluding carboxylic acids is 1. The first kappa shape index (κ1) is 8.59. The van der Waals surface area contributed by atoms with Crippen molar-refractivity contribution >= 4 is 5.78 Å². The van der Waals surface area contributed by atoms with Crippen LogP contribution < -0.4 is 0 Å². The standard InChI is InChI=1S/C9H6F2O/c1-2-8(12)6-4-3-5-7(10)9(6)11/h2-5H,1H2. The van der Waals surface area contributed by atoms with Crippen LogP contribution in [0.5, 0.6) is 0 Å². The highest BCUT2D eigenvalue weighted by molar-refractivity contribution is 6.04. The minimum Gasteiger partial charge on any atom is -0.289 e. The number of hydrogen-bond acceptors (Lipinski definition) is 1. The minimum atomic E-state index is -1.12. The molecule has 0 aliphatic carbocycles. The summed E-state index contributed by atoms with van der Waals surface area (Å²) in [5.74, 6) is -2.77. The van der Waals surface area contributed by atoms with Crippen LogP contribution in [0.2, 0.25) is 0 Å². The van der Waals surface area contributed by atoms with Gasteiger partial charge < -0.3 is 0 Å². The van der Waals surface area contributed by atoms with Crippen LogP contribution in [0.25, 0.3) is 0 Å². The molecule has 1 aromatic rings. The Hall–Kier alpha value is -1.51. The lowest BCUT2D eigenvalue weighted by atomic mass is 10.1. The SMILES string of the molecule is C=CC(=O)c1cccc(F)c1F. The van der Waals surface area contributed by atoms with Crippen molar-refractivity contribution in [2.75, 3.05) is 0 Å². The molecule has 62 valence electrons. The van der Waals surface area contributed by atoms with Gasteiger partial charge in [-0.3, -0.25) is 4.79 Å². The van der Waals surface area contributed by atoms with Crippen LogP contribution in [0.1, 0.15) is 10.4 Å². The lowest BCUT2D eigenvalue weighted by Crippen LogP contribution is -1.99. The molecule has 0 unspecified atom stereocenters. The Balaban J connectivity index is 3.25. The van der Waals surface area contributed by atoms with E-state index in [0.717, 1.165) is 12.1 Å². The summed E-state index contributed by atoms with van der Waals surface area (Å²) in [5, 5.41) is 0. The van der Waals surface area contributed by atoms with Gasteiger partial charge in [0.15, 0.2) is 17.4 Å². The maximum atomic E-state index is 12.8. The average molecular weight is 168 g/mol. The summed E-state index contributed by atoms with van der Waals surface area (Å²) in [4.78, 5) is 10.9. The molecule has 0 heterocycles. The number of hydrogen-bond donors (Lipinski definition) is 0. The van der Waals surface area contributed by atoms with Crippen LogP contribution >= 0.6 is 0 Å². The molecule has 0 radical (unpaired) electrons. The Kier molecular flexibility index (Phi) is 2.33.